The summed E-state index contributed by atoms with van der Waals surface area (Å²) in [6.07, 6.45) is -4.21. The van der Waals surface area contributed by atoms with Gasteiger partial charge in [0, 0.05) is 6.42 Å². The van der Waals surface area contributed by atoms with Gasteiger partial charge in [-0.15, -0.1) is 0 Å². The van der Waals surface area contributed by atoms with Crippen LogP contribution in [0.5, 0.6) is 0 Å². The number of rotatable bonds is 7. The Labute approximate surface area is 170 Å². The molecule has 0 amide bonds. The molecule has 1 N–H and O–H groups in total. The fraction of sp³-hybridized carbons (Fsp3) is 0.636. The van der Waals surface area contributed by atoms with Crippen LogP contribution in [0.1, 0.15) is 58.4 Å². The van der Waals surface area contributed by atoms with Crippen LogP contribution in [0.15, 0.2) is 30.3 Å². The Kier molecular flexibility index (Phi) is 9.17. The third-order valence-corrected chi connectivity index (χ3v) is 4.48. The number of alkyl halides is 3. The molecule has 1 aromatic carbocycles. The smallest absolute Gasteiger partial charge is 0.389 e. The highest BCUT2D eigenvalue weighted by molar-refractivity contribution is 5.81. The van der Waals surface area contributed by atoms with E-state index >= 15 is 0 Å². The number of carbonyl (C=O) groups is 2. The first-order valence-corrected chi connectivity index (χ1v) is 9.82. The van der Waals surface area contributed by atoms with Crippen molar-refractivity contribution in [2.45, 2.75) is 71.6 Å². The first-order valence-electron chi connectivity index (χ1n) is 9.82. The molecule has 7 heteroatoms. The summed E-state index contributed by atoms with van der Waals surface area (Å²) in [5.74, 6) is -4.26. The molecule has 2 rings (SSSR count). The predicted molar refractivity (Wildman–Crippen MR) is 104 cm³/mol. The highest BCUT2D eigenvalue weighted by Crippen LogP contribution is 2.40. The maximum absolute atomic E-state index is 12.4. The third kappa shape index (κ3) is 11.5. The van der Waals surface area contributed by atoms with E-state index in [-0.39, 0.29) is 12.3 Å². The molecule has 0 heterocycles. The van der Waals surface area contributed by atoms with Crippen LogP contribution >= 0.6 is 0 Å². The van der Waals surface area contributed by atoms with Gasteiger partial charge in [-0.05, 0) is 46.5 Å². The number of aryl methyl sites for hydroxylation is 1. The van der Waals surface area contributed by atoms with Crippen LogP contribution in [-0.2, 0) is 14.3 Å². The van der Waals surface area contributed by atoms with Gasteiger partial charge in [0.2, 0.25) is 0 Å². The lowest BCUT2D eigenvalue weighted by atomic mass is 9.84. The summed E-state index contributed by atoms with van der Waals surface area (Å²) >= 11 is 0. The van der Waals surface area contributed by atoms with Gasteiger partial charge in [-0.25, -0.2) is 0 Å². The Bertz CT molecular complexity index is 646. The zero-order valence-electron chi connectivity index (χ0n) is 17.5. The van der Waals surface area contributed by atoms with Gasteiger partial charge in [-0.3, -0.25) is 9.59 Å². The maximum atomic E-state index is 12.4. The van der Waals surface area contributed by atoms with E-state index in [4.69, 9.17) is 4.74 Å². The van der Waals surface area contributed by atoms with E-state index in [1.807, 2.05) is 18.2 Å². The summed E-state index contributed by atoms with van der Waals surface area (Å²) in [5, 5.41) is 9.25. The van der Waals surface area contributed by atoms with Gasteiger partial charge < -0.3 is 9.84 Å². The van der Waals surface area contributed by atoms with Crippen LogP contribution in [0.3, 0.4) is 0 Å². The average molecular weight is 416 g/mol. The lowest BCUT2D eigenvalue weighted by Crippen LogP contribution is -2.36. The van der Waals surface area contributed by atoms with Crippen molar-refractivity contribution in [3.05, 3.63) is 35.9 Å². The van der Waals surface area contributed by atoms with E-state index in [0.29, 0.717) is 0 Å². The van der Waals surface area contributed by atoms with Crippen molar-refractivity contribution >= 4 is 11.9 Å². The lowest BCUT2D eigenvalue weighted by Gasteiger charge is -2.27. The molecular formula is C22H31F3O4. The third-order valence-electron chi connectivity index (χ3n) is 4.48. The monoisotopic (exact) mass is 416 g/mol. The number of ether oxygens (including phenoxy) is 1. The van der Waals surface area contributed by atoms with Crippen LogP contribution in [0, 0.1) is 24.7 Å². The molecule has 1 aliphatic rings. The number of hydrogen-bond donors (Lipinski definition) is 1. The van der Waals surface area contributed by atoms with Gasteiger partial charge in [0.1, 0.15) is 5.60 Å². The van der Waals surface area contributed by atoms with Crippen molar-refractivity contribution in [3.8, 4) is 0 Å². The molecule has 164 valence electrons. The highest BCUT2D eigenvalue weighted by atomic mass is 19.4. The molecule has 0 unspecified atom stereocenters. The van der Waals surface area contributed by atoms with E-state index in [0.717, 1.165) is 12.8 Å². The van der Waals surface area contributed by atoms with E-state index in [1.54, 1.807) is 20.8 Å². The Morgan fingerprint density at radius 3 is 2.00 bits per heavy atom. The number of aliphatic carboxylic acids is 1. The molecule has 0 saturated heterocycles. The molecule has 29 heavy (non-hydrogen) atoms. The summed E-state index contributed by atoms with van der Waals surface area (Å²) in [4.78, 5) is 23.6. The van der Waals surface area contributed by atoms with Gasteiger partial charge in [-0.2, -0.15) is 13.2 Å². The Morgan fingerprint density at radius 2 is 1.66 bits per heavy atom. The molecule has 1 saturated carbocycles. The summed E-state index contributed by atoms with van der Waals surface area (Å²) in [5.41, 5.74) is 0.522. The minimum atomic E-state index is -4.44. The van der Waals surface area contributed by atoms with Crippen LogP contribution in [-0.4, -0.2) is 28.8 Å². The second-order valence-electron chi connectivity index (χ2n) is 8.57. The second kappa shape index (κ2) is 10.6. The predicted octanol–water partition coefficient (Wildman–Crippen LogP) is 5.78. The molecular weight excluding hydrogens is 385 g/mol. The van der Waals surface area contributed by atoms with Crippen molar-refractivity contribution in [1.82, 2.24) is 0 Å². The van der Waals surface area contributed by atoms with E-state index in [1.165, 1.54) is 5.56 Å². The molecule has 4 nitrogen and oxygen atoms in total. The van der Waals surface area contributed by atoms with Gasteiger partial charge in [0.25, 0.3) is 0 Å². The molecule has 0 bridgehead atoms. The van der Waals surface area contributed by atoms with Crippen molar-refractivity contribution in [2.24, 2.45) is 17.8 Å². The van der Waals surface area contributed by atoms with E-state index < -0.39 is 48.4 Å². The first-order chi connectivity index (χ1) is 13.3. The van der Waals surface area contributed by atoms with Gasteiger partial charge >= 0.3 is 18.1 Å². The van der Waals surface area contributed by atoms with Crippen LogP contribution in [0.2, 0.25) is 0 Å². The first kappa shape index (κ1) is 25.0. The summed E-state index contributed by atoms with van der Waals surface area (Å²) < 4.78 is 42.4. The topological polar surface area (TPSA) is 63.6 Å². The SMILES string of the molecule is CC(C)(C)OC(=O)[C@@H](CC1CC1)[C@@H](CCC(F)(F)F)C(=O)O.Cc1ccccc1. The number of carbonyl (C=O) groups excluding carboxylic acids is 1. The van der Waals surface area contributed by atoms with Crippen molar-refractivity contribution < 1.29 is 32.6 Å². The summed E-state index contributed by atoms with van der Waals surface area (Å²) in [6, 6.07) is 10.3. The highest BCUT2D eigenvalue weighted by Gasteiger charge is 2.42. The molecule has 1 aromatic rings. The van der Waals surface area contributed by atoms with Crippen LogP contribution < -0.4 is 0 Å². The summed E-state index contributed by atoms with van der Waals surface area (Å²) in [7, 11) is 0. The van der Waals surface area contributed by atoms with Crippen LogP contribution in [0.25, 0.3) is 0 Å². The number of carboxylic acid groups (broad SMARTS) is 1. The lowest BCUT2D eigenvalue weighted by molar-refractivity contribution is -0.170. The Morgan fingerprint density at radius 1 is 1.10 bits per heavy atom. The van der Waals surface area contributed by atoms with Crippen molar-refractivity contribution in [3.63, 3.8) is 0 Å². The van der Waals surface area contributed by atoms with Crippen molar-refractivity contribution in [1.29, 1.82) is 0 Å². The number of halogens is 3. The van der Waals surface area contributed by atoms with Gasteiger partial charge in [-0.1, -0.05) is 48.7 Å². The van der Waals surface area contributed by atoms with E-state index in [9.17, 15) is 27.9 Å². The fourth-order valence-electron chi connectivity index (χ4n) is 2.87. The maximum Gasteiger partial charge on any atom is 0.389 e. The van der Waals surface area contributed by atoms with Crippen LogP contribution in [0.4, 0.5) is 13.2 Å². The number of esters is 1. The number of benzene rings is 1. The van der Waals surface area contributed by atoms with Gasteiger partial charge in [0.15, 0.2) is 0 Å². The van der Waals surface area contributed by atoms with E-state index in [2.05, 4.69) is 19.1 Å². The molecule has 0 spiro atoms. The Balaban J connectivity index is 0.000000502. The molecule has 0 aliphatic heterocycles. The van der Waals surface area contributed by atoms with Gasteiger partial charge in [0.05, 0.1) is 11.8 Å². The normalized spacial score (nSPS) is 16.2. The average Bonchev–Trinajstić information content (AvgIpc) is 3.36. The molecule has 0 radical (unpaired) electrons. The molecule has 0 aromatic heterocycles. The zero-order valence-corrected chi connectivity index (χ0v) is 17.5. The zero-order chi connectivity index (χ0) is 22.2. The minimum absolute atomic E-state index is 0.213. The standard InChI is InChI=1S/C15H23F3O4.C7H8/c1-14(2,3)22-13(21)11(8-9-4-5-9)10(12(19)20)6-7-15(16,17)18;1-7-5-3-2-4-6-7/h9-11H,4-8H2,1-3H3,(H,19,20);2-6H,1H3/t10-,11+;/m1./s1. The molecule has 1 fully saturated rings. The number of hydrogen-bond acceptors (Lipinski definition) is 3. The quantitative estimate of drug-likeness (QED) is 0.572. The fourth-order valence-corrected chi connectivity index (χ4v) is 2.87. The minimum Gasteiger partial charge on any atom is -0.481 e. The second-order valence-corrected chi connectivity index (χ2v) is 8.57. The summed E-state index contributed by atoms with van der Waals surface area (Å²) in [6.45, 7) is 7.01. The van der Waals surface area contributed by atoms with Crippen molar-refractivity contribution in [2.75, 3.05) is 0 Å². The Hall–Kier alpha value is -2.05. The molecule has 2 atom stereocenters. The largest absolute Gasteiger partial charge is 0.481 e. The molecule has 1 aliphatic carbocycles. The number of carboxylic acids is 1.